The van der Waals surface area contributed by atoms with Gasteiger partial charge in [-0.2, -0.15) is 4.98 Å². The molecule has 2 N–H and O–H groups in total. The first-order chi connectivity index (χ1) is 10.7. The van der Waals surface area contributed by atoms with E-state index in [1.807, 2.05) is 6.07 Å². The summed E-state index contributed by atoms with van der Waals surface area (Å²) >= 11 is 11.9. The van der Waals surface area contributed by atoms with E-state index in [1.165, 1.54) is 0 Å². The first-order valence-electron chi connectivity index (χ1n) is 7.11. The third-order valence-electron chi connectivity index (χ3n) is 3.36. The molecule has 116 valence electrons. The molecule has 0 radical (unpaired) electrons. The molecule has 1 unspecified atom stereocenters. The zero-order valence-corrected chi connectivity index (χ0v) is 13.4. The molecule has 5 nitrogen and oxygen atoms in total. The lowest BCUT2D eigenvalue weighted by Crippen LogP contribution is -2.19. The predicted molar refractivity (Wildman–Crippen MR) is 89.2 cm³/mol. The summed E-state index contributed by atoms with van der Waals surface area (Å²) in [5, 5.41) is 7.39. The van der Waals surface area contributed by atoms with Crippen molar-refractivity contribution in [1.82, 2.24) is 9.97 Å². The molecule has 0 bridgehead atoms. The molecule has 2 heterocycles. The molecule has 1 aliphatic rings. The van der Waals surface area contributed by atoms with Gasteiger partial charge in [0.25, 0.3) is 0 Å². The molecule has 1 fully saturated rings. The summed E-state index contributed by atoms with van der Waals surface area (Å²) in [4.78, 5) is 8.62. The Morgan fingerprint density at radius 2 is 2.14 bits per heavy atom. The summed E-state index contributed by atoms with van der Waals surface area (Å²) < 4.78 is 5.56. The van der Waals surface area contributed by atoms with Crippen LogP contribution in [0.3, 0.4) is 0 Å². The summed E-state index contributed by atoms with van der Waals surface area (Å²) in [6.07, 6.45) is 4.14. The summed E-state index contributed by atoms with van der Waals surface area (Å²) in [6, 6.07) is 7.13. The Morgan fingerprint density at radius 1 is 1.23 bits per heavy atom. The van der Waals surface area contributed by atoms with Crippen molar-refractivity contribution in [3.63, 3.8) is 0 Å². The van der Waals surface area contributed by atoms with Crippen LogP contribution in [0.25, 0.3) is 0 Å². The normalized spacial score (nSPS) is 17.5. The van der Waals surface area contributed by atoms with E-state index < -0.39 is 0 Å². The van der Waals surface area contributed by atoms with E-state index in [1.54, 1.807) is 24.4 Å². The topological polar surface area (TPSA) is 59.1 Å². The highest BCUT2D eigenvalue weighted by molar-refractivity contribution is 6.42. The molecule has 0 aliphatic carbocycles. The van der Waals surface area contributed by atoms with Crippen LogP contribution in [-0.2, 0) is 4.74 Å². The molecule has 0 saturated carbocycles. The second kappa shape index (κ2) is 7.13. The third-order valence-corrected chi connectivity index (χ3v) is 4.10. The lowest BCUT2D eigenvalue weighted by molar-refractivity contribution is 0.120. The maximum absolute atomic E-state index is 6.00. The van der Waals surface area contributed by atoms with Crippen LogP contribution in [0.4, 0.5) is 17.5 Å². The Kier molecular flexibility index (Phi) is 4.97. The van der Waals surface area contributed by atoms with Crippen LogP contribution in [0, 0.1) is 0 Å². The molecule has 1 atom stereocenters. The van der Waals surface area contributed by atoms with Crippen LogP contribution < -0.4 is 10.6 Å². The van der Waals surface area contributed by atoms with E-state index in [9.17, 15) is 0 Å². The number of anilines is 3. The first-order valence-corrected chi connectivity index (χ1v) is 7.87. The van der Waals surface area contributed by atoms with E-state index >= 15 is 0 Å². The van der Waals surface area contributed by atoms with Crippen LogP contribution in [0.15, 0.2) is 30.5 Å². The van der Waals surface area contributed by atoms with Gasteiger partial charge >= 0.3 is 0 Å². The average Bonchev–Trinajstić information content (AvgIpc) is 3.03. The van der Waals surface area contributed by atoms with Crippen molar-refractivity contribution < 1.29 is 4.74 Å². The SMILES string of the molecule is Clc1ccc(Nc2ccnc(NCC3CCCO3)n2)cc1Cl. The van der Waals surface area contributed by atoms with Gasteiger partial charge in [0, 0.05) is 25.0 Å². The molecule has 3 rings (SSSR count). The fraction of sp³-hybridized carbons (Fsp3) is 0.333. The zero-order valence-electron chi connectivity index (χ0n) is 11.9. The minimum atomic E-state index is 0.246. The smallest absolute Gasteiger partial charge is 0.224 e. The molecule has 0 amide bonds. The number of hydrogen-bond donors (Lipinski definition) is 2. The number of nitrogens with zero attached hydrogens (tertiary/aromatic N) is 2. The van der Waals surface area contributed by atoms with Crippen molar-refractivity contribution in [2.45, 2.75) is 18.9 Å². The number of hydrogen-bond acceptors (Lipinski definition) is 5. The quantitative estimate of drug-likeness (QED) is 0.858. The number of nitrogens with one attached hydrogen (secondary N) is 2. The largest absolute Gasteiger partial charge is 0.376 e. The van der Waals surface area contributed by atoms with E-state index in [0.29, 0.717) is 21.8 Å². The van der Waals surface area contributed by atoms with Crippen molar-refractivity contribution >= 4 is 40.7 Å². The number of benzene rings is 1. The van der Waals surface area contributed by atoms with Gasteiger partial charge in [0.15, 0.2) is 0 Å². The van der Waals surface area contributed by atoms with Gasteiger partial charge in [-0.15, -0.1) is 0 Å². The van der Waals surface area contributed by atoms with E-state index in [0.717, 1.165) is 31.7 Å². The Hall–Kier alpha value is -1.56. The molecular formula is C15H16Cl2N4O. The highest BCUT2D eigenvalue weighted by atomic mass is 35.5. The molecule has 1 saturated heterocycles. The molecule has 22 heavy (non-hydrogen) atoms. The lowest BCUT2D eigenvalue weighted by atomic mass is 10.2. The number of halogens is 2. The van der Waals surface area contributed by atoms with Crippen molar-refractivity contribution in [1.29, 1.82) is 0 Å². The summed E-state index contributed by atoms with van der Waals surface area (Å²) in [7, 11) is 0. The summed E-state index contributed by atoms with van der Waals surface area (Å²) in [5.41, 5.74) is 0.818. The van der Waals surface area contributed by atoms with Gasteiger partial charge < -0.3 is 15.4 Å². The number of aromatic nitrogens is 2. The molecule has 1 aromatic heterocycles. The van der Waals surface area contributed by atoms with Crippen LogP contribution in [0.5, 0.6) is 0 Å². The molecule has 1 aliphatic heterocycles. The predicted octanol–water partition coefficient (Wildman–Crippen LogP) is 4.12. The zero-order chi connectivity index (χ0) is 15.4. The van der Waals surface area contributed by atoms with Crippen molar-refractivity contribution in [3.8, 4) is 0 Å². The Balaban J connectivity index is 1.63. The average molecular weight is 339 g/mol. The molecule has 7 heteroatoms. The van der Waals surface area contributed by atoms with Gasteiger partial charge in [0.1, 0.15) is 5.82 Å². The Morgan fingerprint density at radius 3 is 2.91 bits per heavy atom. The van der Waals surface area contributed by atoms with Gasteiger partial charge in [-0.1, -0.05) is 23.2 Å². The minimum Gasteiger partial charge on any atom is -0.376 e. The number of ether oxygens (including phenoxy) is 1. The Labute approximate surface area is 139 Å². The molecular weight excluding hydrogens is 323 g/mol. The monoisotopic (exact) mass is 338 g/mol. The van der Waals surface area contributed by atoms with Gasteiger partial charge in [-0.3, -0.25) is 0 Å². The van der Waals surface area contributed by atoms with E-state index in [4.69, 9.17) is 27.9 Å². The Bertz CT molecular complexity index is 647. The van der Waals surface area contributed by atoms with E-state index in [2.05, 4.69) is 20.6 Å². The summed E-state index contributed by atoms with van der Waals surface area (Å²) in [5.74, 6) is 1.25. The highest BCUT2D eigenvalue weighted by Crippen LogP contribution is 2.26. The maximum atomic E-state index is 6.00. The third kappa shape index (κ3) is 4.00. The lowest BCUT2D eigenvalue weighted by Gasteiger charge is -2.12. The van der Waals surface area contributed by atoms with Crippen LogP contribution in [0.2, 0.25) is 10.0 Å². The summed E-state index contributed by atoms with van der Waals surface area (Å²) in [6.45, 7) is 1.56. The molecule has 1 aromatic carbocycles. The van der Waals surface area contributed by atoms with Gasteiger partial charge in [0.2, 0.25) is 5.95 Å². The molecule has 2 aromatic rings. The minimum absolute atomic E-state index is 0.246. The van der Waals surface area contributed by atoms with Gasteiger partial charge in [0.05, 0.1) is 16.1 Å². The first kappa shape index (κ1) is 15.3. The highest BCUT2D eigenvalue weighted by Gasteiger charge is 2.15. The second-order valence-electron chi connectivity index (χ2n) is 5.04. The van der Waals surface area contributed by atoms with Gasteiger partial charge in [-0.05, 0) is 37.1 Å². The standard InChI is InChI=1S/C15H16Cl2N4O/c16-12-4-3-10(8-13(12)17)20-14-5-6-18-15(21-14)19-9-11-2-1-7-22-11/h3-6,8,11H,1-2,7,9H2,(H2,18,19,20,21). The van der Waals surface area contributed by atoms with Crippen LogP contribution in [0.1, 0.15) is 12.8 Å². The van der Waals surface area contributed by atoms with Crippen molar-refractivity contribution in [2.75, 3.05) is 23.8 Å². The van der Waals surface area contributed by atoms with Crippen molar-refractivity contribution in [2.24, 2.45) is 0 Å². The van der Waals surface area contributed by atoms with E-state index in [-0.39, 0.29) is 6.10 Å². The number of rotatable bonds is 5. The van der Waals surface area contributed by atoms with Gasteiger partial charge in [-0.25, -0.2) is 4.98 Å². The fourth-order valence-electron chi connectivity index (χ4n) is 2.25. The van der Waals surface area contributed by atoms with Crippen LogP contribution in [-0.4, -0.2) is 29.2 Å². The maximum Gasteiger partial charge on any atom is 0.224 e. The van der Waals surface area contributed by atoms with Crippen molar-refractivity contribution in [3.05, 3.63) is 40.5 Å². The second-order valence-corrected chi connectivity index (χ2v) is 5.85. The van der Waals surface area contributed by atoms with Crippen LogP contribution >= 0.6 is 23.2 Å². The fourth-order valence-corrected chi connectivity index (χ4v) is 2.54. The molecule has 0 spiro atoms.